The van der Waals surface area contributed by atoms with Crippen molar-refractivity contribution in [3.05, 3.63) is 29.3 Å². The number of rotatable bonds is 4. The van der Waals surface area contributed by atoms with Crippen molar-refractivity contribution in [3.63, 3.8) is 0 Å². The lowest BCUT2D eigenvalue weighted by molar-refractivity contribution is -0.118. The van der Waals surface area contributed by atoms with Crippen LogP contribution in [-0.4, -0.2) is 12.9 Å². The monoisotopic (exact) mass is 207 g/mol. The van der Waals surface area contributed by atoms with Crippen LogP contribution in [0.25, 0.3) is 0 Å². The maximum Gasteiger partial charge on any atom is 0.150 e. The summed E-state index contributed by atoms with van der Waals surface area (Å²) in [5, 5.41) is 0. The number of ether oxygens (including phenoxy) is 1. The molecule has 82 valence electrons. The lowest BCUT2D eigenvalue weighted by Crippen LogP contribution is -2.18. The molecule has 3 heteroatoms. The van der Waals surface area contributed by atoms with Gasteiger partial charge in [-0.1, -0.05) is 19.1 Å². The van der Waals surface area contributed by atoms with Gasteiger partial charge in [-0.15, -0.1) is 0 Å². The number of carbonyl (C=O) groups excluding carboxylic acids is 1. The molecule has 0 aliphatic carbocycles. The highest BCUT2D eigenvalue weighted by Crippen LogP contribution is 2.23. The van der Waals surface area contributed by atoms with Gasteiger partial charge in [0.25, 0.3) is 0 Å². The van der Waals surface area contributed by atoms with Crippen LogP contribution in [0.3, 0.4) is 0 Å². The third kappa shape index (κ3) is 2.57. The summed E-state index contributed by atoms with van der Waals surface area (Å²) < 4.78 is 5.21. The van der Waals surface area contributed by atoms with Crippen molar-refractivity contribution in [2.75, 3.05) is 7.11 Å². The van der Waals surface area contributed by atoms with Crippen LogP contribution >= 0.6 is 0 Å². The Bertz CT molecular complexity index is 361. The summed E-state index contributed by atoms with van der Waals surface area (Å²) in [5.41, 5.74) is 7.69. The number of hydrogen-bond acceptors (Lipinski definition) is 3. The van der Waals surface area contributed by atoms with Crippen LogP contribution < -0.4 is 10.5 Å². The lowest BCUT2D eigenvalue weighted by atomic mass is 10.0. The largest absolute Gasteiger partial charge is 0.496 e. The van der Waals surface area contributed by atoms with Gasteiger partial charge in [0.2, 0.25) is 0 Å². The second-order valence-electron chi connectivity index (χ2n) is 3.51. The fraction of sp³-hybridized carbons (Fsp3) is 0.417. The Morgan fingerprint density at radius 2 is 2.20 bits per heavy atom. The van der Waals surface area contributed by atoms with E-state index in [1.807, 2.05) is 25.1 Å². The molecule has 0 spiro atoms. The zero-order valence-electron chi connectivity index (χ0n) is 9.41. The fourth-order valence-corrected chi connectivity index (χ4v) is 1.50. The summed E-state index contributed by atoms with van der Waals surface area (Å²) in [4.78, 5) is 11.1. The van der Waals surface area contributed by atoms with Gasteiger partial charge in [-0.25, -0.2) is 0 Å². The molecular formula is C12H17NO2. The van der Waals surface area contributed by atoms with E-state index >= 15 is 0 Å². The molecule has 0 saturated carbocycles. The first-order valence-electron chi connectivity index (χ1n) is 5.03. The first-order valence-corrected chi connectivity index (χ1v) is 5.03. The minimum absolute atomic E-state index is 0.0257. The van der Waals surface area contributed by atoms with E-state index in [-0.39, 0.29) is 5.78 Å². The number of methoxy groups -OCH3 is 1. The minimum atomic E-state index is -0.527. The van der Waals surface area contributed by atoms with E-state index in [9.17, 15) is 4.79 Å². The molecule has 0 radical (unpaired) electrons. The Morgan fingerprint density at radius 1 is 1.53 bits per heavy atom. The van der Waals surface area contributed by atoms with Gasteiger partial charge in [0.1, 0.15) is 5.75 Å². The molecule has 0 amide bonds. The number of hydrogen-bond donors (Lipinski definition) is 1. The molecule has 15 heavy (non-hydrogen) atoms. The predicted octanol–water partition coefficient (Wildman–Crippen LogP) is 1.85. The predicted molar refractivity (Wildman–Crippen MR) is 60.0 cm³/mol. The normalized spacial score (nSPS) is 12.3. The molecule has 0 fully saturated rings. The average molecular weight is 207 g/mol. The van der Waals surface area contributed by atoms with Crippen molar-refractivity contribution in [2.24, 2.45) is 5.73 Å². The van der Waals surface area contributed by atoms with Crippen LogP contribution in [-0.2, 0) is 11.2 Å². The van der Waals surface area contributed by atoms with Gasteiger partial charge in [0.15, 0.2) is 5.78 Å². The second-order valence-corrected chi connectivity index (χ2v) is 3.51. The first-order chi connectivity index (χ1) is 7.10. The molecule has 1 rings (SSSR count). The molecule has 1 aromatic carbocycles. The van der Waals surface area contributed by atoms with E-state index in [1.165, 1.54) is 6.92 Å². The van der Waals surface area contributed by atoms with Crippen molar-refractivity contribution in [1.82, 2.24) is 0 Å². The Kier molecular flexibility index (Phi) is 3.86. The Labute approximate surface area is 90.2 Å². The van der Waals surface area contributed by atoms with E-state index in [0.29, 0.717) is 0 Å². The number of carbonyl (C=O) groups is 1. The van der Waals surface area contributed by atoms with Crippen molar-refractivity contribution in [2.45, 2.75) is 26.3 Å². The van der Waals surface area contributed by atoms with E-state index in [0.717, 1.165) is 23.3 Å². The average Bonchev–Trinajstić information content (AvgIpc) is 2.26. The second kappa shape index (κ2) is 4.94. The zero-order chi connectivity index (χ0) is 11.4. The van der Waals surface area contributed by atoms with Gasteiger partial charge in [-0.3, -0.25) is 4.79 Å². The molecule has 3 nitrogen and oxygen atoms in total. The third-order valence-electron chi connectivity index (χ3n) is 2.48. The summed E-state index contributed by atoms with van der Waals surface area (Å²) >= 11 is 0. The van der Waals surface area contributed by atoms with E-state index in [1.54, 1.807) is 7.11 Å². The summed E-state index contributed by atoms with van der Waals surface area (Å²) in [6, 6.07) is 5.10. The van der Waals surface area contributed by atoms with Crippen LogP contribution in [0.5, 0.6) is 5.75 Å². The van der Waals surface area contributed by atoms with Crippen LogP contribution in [0.1, 0.15) is 31.0 Å². The van der Waals surface area contributed by atoms with Gasteiger partial charge in [-0.2, -0.15) is 0 Å². The number of Topliss-reactive ketones (excluding diaryl/α,β-unsaturated/α-hetero) is 1. The zero-order valence-corrected chi connectivity index (χ0v) is 9.41. The molecule has 1 aromatic rings. The number of ketones is 1. The van der Waals surface area contributed by atoms with Crippen LogP contribution in [0.2, 0.25) is 0 Å². The smallest absolute Gasteiger partial charge is 0.150 e. The van der Waals surface area contributed by atoms with Crippen molar-refractivity contribution < 1.29 is 9.53 Å². The quantitative estimate of drug-likeness (QED) is 0.819. The Hall–Kier alpha value is -1.35. The molecule has 0 aliphatic heterocycles. The molecule has 0 saturated heterocycles. The standard InChI is InChI=1S/C12H17NO2/c1-4-9-7-10(12(13)8(2)14)5-6-11(9)15-3/h5-7,12H,4,13H2,1-3H3. The molecule has 0 bridgehead atoms. The van der Waals surface area contributed by atoms with E-state index in [2.05, 4.69) is 0 Å². The van der Waals surface area contributed by atoms with Gasteiger partial charge >= 0.3 is 0 Å². The number of benzene rings is 1. The highest BCUT2D eigenvalue weighted by molar-refractivity contribution is 5.82. The summed E-state index contributed by atoms with van der Waals surface area (Å²) in [6.45, 7) is 3.54. The molecular weight excluding hydrogens is 190 g/mol. The number of nitrogens with two attached hydrogens (primary N) is 1. The topological polar surface area (TPSA) is 52.3 Å². The van der Waals surface area contributed by atoms with Crippen LogP contribution in [0.15, 0.2) is 18.2 Å². The fourth-order valence-electron chi connectivity index (χ4n) is 1.50. The van der Waals surface area contributed by atoms with Crippen LogP contribution in [0.4, 0.5) is 0 Å². The maximum absolute atomic E-state index is 11.1. The Balaban J connectivity index is 3.07. The van der Waals surface area contributed by atoms with E-state index < -0.39 is 6.04 Å². The van der Waals surface area contributed by atoms with Gasteiger partial charge < -0.3 is 10.5 Å². The molecule has 2 N–H and O–H groups in total. The first kappa shape index (κ1) is 11.7. The molecule has 1 atom stereocenters. The molecule has 1 unspecified atom stereocenters. The third-order valence-corrected chi connectivity index (χ3v) is 2.48. The van der Waals surface area contributed by atoms with Gasteiger partial charge in [-0.05, 0) is 30.5 Å². The summed E-state index contributed by atoms with van der Waals surface area (Å²) in [5.74, 6) is 0.819. The number of aryl methyl sites for hydroxylation is 1. The minimum Gasteiger partial charge on any atom is -0.496 e. The highest BCUT2D eigenvalue weighted by atomic mass is 16.5. The maximum atomic E-state index is 11.1. The van der Waals surface area contributed by atoms with E-state index in [4.69, 9.17) is 10.5 Å². The Morgan fingerprint density at radius 3 is 2.67 bits per heavy atom. The summed E-state index contributed by atoms with van der Waals surface area (Å²) in [6.07, 6.45) is 0.863. The van der Waals surface area contributed by atoms with Crippen molar-refractivity contribution in [3.8, 4) is 5.75 Å². The van der Waals surface area contributed by atoms with Crippen LogP contribution in [0, 0.1) is 0 Å². The molecule has 0 heterocycles. The molecule has 0 aliphatic rings. The van der Waals surface area contributed by atoms with Gasteiger partial charge in [0, 0.05) is 0 Å². The molecule has 0 aromatic heterocycles. The van der Waals surface area contributed by atoms with Gasteiger partial charge in [0.05, 0.1) is 13.2 Å². The lowest BCUT2D eigenvalue weighted by Gasteiger charge is -2.12. The summed E-state index contributed by atoms with van der Waals surface area (Å²) in [7, 11) is 1.64. The SMILES string of the molecule is CCc1cc(C(N)C(C)=O)ccc1OC. The van der Waals surface area contributed by atoms with Crippen molar-refractivity contribution in [1.29, 1.82) is 0 Å². The highest BCUT2D eigenvalue weighted by Gasteiger charge is 2.12. The van der Waals surface area contributed by atoms with Crippen molar-refractivity contribution >= 4 is 5.78 Å².